The van der Waals surface area contributed by atoms with E-state index >= 15 is 0 Å². The second-order valence-corrected chi connectivity index (χ2v) is 7.43. The van der Waals surface area contributed by atoms with Crippen molar-refractivity contribution in [2.75, 3.05) is 31.1 Å². The predicted molar refractivity (Wildman–Crippen MR) is 87.3 cm³/mol. The number of aryl methyl sites for hydroxylation is 1. The Morgan fingerprint density at radius 3 is 2.64 bits per heavy atom. The molecule has 1 spiro atoms. The average molecular weight is 343 g/mol. The van der Waals surface area contributed by atoms with Crippen LogP contribution >= 0.6 is 23.2 Å². The molecule has 0 aromatic carbocycles. The molecule has 0 radical (unpaired) electrons. The Labute approximate surface area is 140 Å². The van der Waals surface area contributed by atoms with E-state index < -0.39 is 6.35 Å². The van der Waals surface area contributed by atoms with Gasteiger partial charge in [-0.2, -0.15) is 0 Å². The monoisotopic (exact) mass is 342 g/mol. The fourth-order valence-corrected chi connectivity index (χ4v) is 4.57. The maximum atomic E-state index is 6.34. The molecule has 5 rings (SSSR count). The van der Waals surface area contributed by atoms with Crippen LogP contribution in [0.3, 0.4) is 0 Å². The van der Waals surface area contributed by atoms with Crippen molar-refractivity contribution in [3.05, 3.63) is 21.8 Å². The summed E-state index contributed by atoms with van der Waals surface area (Å²) in [6.45, 7) is 5.90. The smallest absolute Gasteiger partial charge is 0.186 e. The molecular weight excluding hydrogens is 323 g/mol. The van der Waals surface area contributed by atoms with Gasteiger partial charge in [-0.05, 0) is 44.8 Å². The Kier molecular flexibility index (Phi) is 3.55. The van der Waals surface area contributed by atoms with Gasteiger partial charge in [-0.3, -0.25) is 5.73 Å². The molecule has 7 heteroatoms. The molecule has 5 heterocycles. The van der Waals surface area contributed by atoms with Crippen LogP contribution in [0.4, 0.5) is 5.82 Å². The maximum Gasteiger partial charge on any atom is 0.186 e. The highest BCUT2D eigenvalue weighted by Crippen LogP contribution is 2.44. The summed E-state index contributed by atoms with van der Waals surface area (Å²) < 4.78 is 6.25. The van der Waals surface area contributed by atoms with Crippen molar-refractivity contribution in [2.24, 2.45) is 11.7 Å². The summed E-state index contributed by atoms with van der Waals surface area (Å²) in [5.41, 5.74) is 6.83. The van der Waals surface area contributed by atoms with Gasteiger partial charge in [-0.1, -0.05) is 23.2 Å². The Bertz CT molecular complexity index is 605. The molecule has 5 nitrogen and oxygen atoms in total. The number of hydrogen-bond acceptors (Lipinski definition) is 5. The number of fused-ring (bicyclic) bond motifs is 2. The van der Waals surface area contributed by atoms with Gasteiger partial charge in [0.25, 0.3) is 0 Å². The number of aromatic nitrogens is 1. The largest absolute Gasteiger partial charge is 0.335 e. The predicted octanol–water partition coefficient (Wildman–Crippen LogP) is 2.24. The van der Waals surface area contributed by atoms with Crippen LogP contribution in [-0.2, 0) is 4.74 Å². The third-order valence-corrected chi connectivity index (χ3v) is 5.94. The van der Waals surface area contributed by atoms with Crippen molar-refractivity contribution < 1.29 is 4.74 Å². The van der Waals surface area contributed by atoms with E-state index in [0.717, 1.165) is 18.8 Å². The molecule has 4 aliphatic heterocycles. The van der Waals surface area contributed by atoms with Crippen LogP contribution in [0, 0.1) is 12.8 Å². The average Bonchev–Trinajstić information content (AvgIpc) is 2.80. The number of piperidine rings is 3. The second-order valence-electron chi connectivity index (χ2n) is 6.61. The minimum absolute atomic E-state index is 0.186. The molecule has 2 bridgehead atoms. The lowest BCUT2D eigenvalue weighted by Gasteiger charge is -2.50. The number of nitrogens with two attached hydrogens (primary N) is 1. The Morgan fingerprint density at radius 1 is 1.27 bits per heavy atom. The molecule has 0 saturated carbocycles. The van der Waals surface area contributed by atoms with Gasteiger partial charge in [0, 0.05) is 6.54 Å². The number of nitrogens with zero attached hydrogens (tertiary/aromatic N) is 3. The zero-order valence-electron chi connectivity index (χ0n) is 12.6. The summed E-state index contributed by atoms with van der Waals surface area (Å²) in [4.78, 5) is 8.98. The van der Waals surface area contributed by atoms with Gasteiger partial charge >= 0.3 is 0 Å². The van der Waals surface area contributed by atoms with E-state index in [1.807, 2.05) is 11.8 Å². The maximum absolute atomic E-state index is 6.34. The van der Waals surface area contributed by atoms with Gasteiger partial charge in [0.05, 0.1) is 22.3 Å². The molecule has 1 aromatic rings. The summed E-state index contributed by atoms with van der Waals surface area (Å²) >= 11 is 12.4. The summed E-state index contributed by atoms with van der Waals surface area (Å²) in [6, 6.07) is 1.73. The van der Waals surface area contributed by atoms with E-state index in [1.54, 1.807) is 6.07 Å². The molecule has 0 amide bonds. The van der Waals surface area contributed by atoms with E-state index in [-0.39, 0.29) is 5.60 Å². The molecule has 0 aliphatic carbocycles. The molecule has 1 aromatic heterocycles. The lowest BCUT2D eigenvalue weighted by molar-refractivity contribution is -0.137. The number of pyridine rings is 1. The molecule has 2 atom stereocenters. The van der Waals surface area contributed by atoms with Crippen LogP contribution in [0.5, 0.6) is 0 Å². The second kappa shape index (κ2) is 5.21. The topological polar surface area (TPSA) is 54.6 Å². The molecule has 120 valence electrons. The zero-order chi connectivity index (χ0) is 15.5. The normalized spacial score (nSPS) is 37.3. The summed E-state index contributed by atoms with van der Waals surface area (Å²) in [5.74, 6) is 1.24. The molecule has 22 heavy (non-hydrogen) atoms. The molecular formula is C15H20Cl2N4O. The van der Waals surface area contributed by atoms with Crippen molar-refractivity contribution in [1.29, 1.82) is 0 Å². The van der Waals surface area contributed by atoms with Crippen LogP contribution in [0.1, 0.15) is 18.5 Å². The quantitative estimate of drug-likeness (QED) is 0.848. The summed E-state index contributed by atoms with van der Waals surface area (Å²) in [7, 11) is 0. The van der Waals surface area contributed by atoms with E-state index in [9.17, 15) is 0 Å². The SMILES string of the molecule is Cc1nc(N2CC3(CN4CCC3CC4)OC2N)c(Cl)cc1Cl. The highest BCUT2D eigenvalue weighted by molar-refractivity contribution is 6.36. The van der Waals surface area contributed by atoms with Crippen molar-refractivity contribution in [3.8, 4) is 0 Å². The van der Waals surface area contributed by atoms with E-state index in [1.165, 1.54) is 25.9 Å². The number of anilines is 1. The summed E-state index contributed by atoms with van der Waals surface area (Å²) in [5, 5.41) is 1.09. The van der Waals surface area contributed by atoms with Crippen LogP contribution in [-0.4, -0.2) is 48.0 Å². The fraction of sp³-hybridized carbons (Fsp3) is 0.667. The van der Waals surface area contributed by atoms with Crippen LogP contribution in [0.2, 0.25) is 10.0 Å². The fourth-order valence-electron chi connectivity index (χ4n) is 4.10. The van der Waals surface area contributed by atoms with Gasteiger partial charge in [0.15, 0.2) is 12.2 Å². The van der Waals surface area contributed by atoms with Crippen LogP contribution in [0.15, 0.2) is 6.07 Å². The standard InChI is InChI=1S/C15H20Cl2N4O/c1-9-11(16)6-12(17)13(19-9)21-8-15(22-14(21)18)7-20-4-2-10(15)3-5-20/h6,10,14H,2-5,7-8,18H2,1H3. The van der Waals surface area contributed by atoms with Gasteiger partial charge in [-0.25, -0.2) is 4.98 Å². The van der Waals surface area contributed by atoms with E-state index in [4.69, 9.17) is 33.7 Å². The van der Waals surface area contributed by atoms with Crippen molar-refractivity contribution >= 4 is 29.0 Å². The minimum Gasteiger partial charge on any atom is -0.335 e. The molecule has 2 N–H and O–H groups in total. The Hall–Kier alpha value is -0.590. The lowest BCUT2D eigenvalue weighted by Crippen LogP contribution is -2.61. The Balaban J connectivity index is 1.66. The molecule has 4 aliphatic rings. The van der Waals surface area contributed by atoms with Gasteiger partial charge in [0.2, 0.25) is 0 Å². The van der Waals surface area contributed by atoms with Crippen molar-refractivity contribution in [1.82, 2.24) is 9.88 Å². The van der Waals surface area contributed by atoms with Crippen LogP contribution < -0.4 is 10.6 Å². The number of halogens is 2. The van der Waals surface area contributed by atoms with Crippen LogP contribution in [0.25, 0.3) is 0 Å². The zero-order valence-corrected chi connectivity index (χ0v) is 14.1. The third-order valence-electron chi connectivity index (χ3n) is 5.28. The molecule has 4 saturated heterocycles. The van der Waals surface area contributed by atoms with Crippen molar-refractivity contribution in [3.63, 3.8) is 0 Å². The summed E-state index contributed by atoms with van der Waals surface area (Å²) in [6.07, 6.45) is 1.86. The Morgan fingerprint density at radius 2 is 2.00 bits per heavy atom. The molecule has 4 fully saturated rings. The van der Waals surface area contributed by atoms with Gasteiger partial charge in [0.1, 0.15) is 5.60 Å². The number of hydrogen-bond donors (Lipinski definition) is 1. The van der Waals surface area contributed by atoms with Crippen molar-refractivity contribution in [2.45, 2.75) is 31.7 Å². The van der Waals surface area contributed by atoms with E-state index in [0.29, 0.717) is 21.8 Å². The highest BCUT2D eigenvalue weighted by Gasteiger charge is 2.54. The number of ether oxygens (including phenoxy) is 1. The third kappa shape index (κ3) is 2.22. The first-order valence-electron chi connectivity index (χ1n) is 7.73. The van der Waals surface area contributed by atoms with E-state index in [2.05, 4.69) is 9.88 Å². The molecule has 2 unspecified atom stereocenters. The number of rotatable bonds is 1. The first-order chi connectivity index (χ1) is 10.5. The minimum atomic E-state index is -0.508. The van der Waals surface area contributed by atoms with Gasteiger partial charge < -0.3 is 14.5 Å². The first kappa shape index (κ1) is 15.0. The highest BCUT2D eigenvalue weighted by atomic mass is 35.5. The van der Waals surface area contributed by atoms with Gasteiger partial charge in [-0.15, -0.1) is 0 Å². The first-order valence-corrected chi connectivity index (χ1v) is 8.49. The lowest BCUT2D eigenvalue weighted by atomic mass is 9.75.